The Morgan fingerprint density at radius 3 is 2.61 bits per heavy atom. The molecule has 0 saturated heterocycles. The fourth-order valence-electron chi connectivity index (χ4n) is 1.69. The minimum atomic E-state index is -0.399. The number of rotatable bonds is 3. The van der Waals surface area contributed by atoms with Crippen LogP contribution in [0.1, 0.15) is 15.9 Å². The van der Waals surface area contributed by atoms with Crippen LogP contribution >= 0.6 is 24.0 Å². The van der Waals surface area contributed by atoms with E-state index in [1.165, 1.54) is 0 Å². The van der Waals surface area contributed by atoms with Crippen LogP contribution in [-0.2, 0) is 6.54 Å². The Morgan fingerprint density at radius 1 is 1.44 bits per heavy atom. The van der Waals surface area contributed by atoms with Crippen LogP contribution in [0.25, 0.3) is 0 Å². The van der Waals surface area contributed by atoms with Crippen molar-refractivity contribution in [3.63, 3.8) is 0 Å². The van der Waals surface area contributed by atoms with E-state index in [9.17, 15) is 4.79 Å². The molecule has 0 aliphatic carbocycles. The van der Waals surface area contributed by atoms with E-state index in [4.69, 9.17) is 5.73 Å². The summed E-state index contributed by atoms with van der Waals surface area (Å²) in [5, 5.41) is 3.26. The molecule has 1 aromatic carbocycles. The Bertz CT molecular complexity index is 444. The maximum absolute atomic E-state index is 10.9. The molecule has 0 radical (unpaired) electrons. The third-order valence-electron chi connectivity index (χ3n) is 2.75. The van der Waals surface area contributed by atoms with Crippen LogP contribution in [0, 0.1) is 0 Å². The lowest BCUT2D eigenvalue weighted by molar-refractivity contribution is 0.100. The molecule has 0 fully saturated rings. The first-order valence-corrected chi connectivity index (χ1v) is 5.55. The molecule has 1 aliphatic rings. The molecule has 0 spiro atoms. The second-order valence-electron chi connectivity index (χ2n) is 4.04. The summed E-state index contributed by atoms with van der Waals surface area (Å²) in [5.41, 5.74) is 6.80. The fraction of sp³-hybridized carbons (Fsp3) is 0.333. The van der Waals surface area contributed by atoms with Gasteiger partial charge < -0.3 is 16.0 Å². The number of guanidine groups is 1. The van der Waals surface area contributed by atoms with Gasteiger partial charge in [0.25, 0.3) is 0 Å². The molecule has 0 aromatic heterocycles. The van der Waals surface area contributed by atoms with Gasteiger partial charge in [-0.1, -0.05) is 12.1 Å². The van der Waals surface area contributed by atoms with E-state index in [0.717, 1.165) is 24.6 Å². The van der Waals surface area contributed by atoms with Gasteiger partial charge in [0.15, 0.2) is 5.96 Å². The summed E-state index contributed by atoms with van der Waals surface area (Å²) >= 11 is 0. The zero-order valence-corrected chi connectivity index (χ0v) is 12.5. The van der Waals surface area contributed by atoms with Crippen molar-refractivity contribution < 1.29 is 4.79 Å². The van der Waals surface area contributed by atoms with Gasteiger partial charge in [-0.25, -0.2) is 0 Å². The predicted octanol–water partition coefficient (Wildman–Crippen LogP) is 0.794. The molecule has 98 valence electrons. The lowest BCUT2D eigenvalue weighted by Crippen LogP contribution is -2.35. The summed E-state index contributed by atoms with van der Waals surface area (Å²) in [6, 6.07) is 7.25. The molecule has 1 heterocycles. The molecular formula is C12H17IN4O. The second-order valence-corrected chi connectivity index (χ2v) is 4.04. The van der Waals surface area contributed by atoms with Crippen molar-refractivity contribution in [3.05, 3.63) is 35.4 Å². The van der Waals surface area contributed by atoms with Gasteiger partial charge in [-0.3, -0.25) is 9.79 Å². The molecule has 0 bridgehead atoms. The number of aliphatic imine (C=N–C) groups is 1. The first-order chi connectivity index (χ1) is 8.16. The molecule has 0 unspecified atom stereocenters. The highest BCUT2D eigenvalue weighted by molar-refractivity contribution is 14.0. The van der Waals surface area contributed by atoms with E-state index in [2.05, 4.69) is 15.2 Å². The Kier molecular flexibility index (Phi) is 5.39. The number of carbonyl (C=O) groups is 1. The van der Waals surface area contributed by atoms with Gasteiger partial charge in [0, 0.05) is 25.7 Å². The van der Waals surface area contributed by atoms with Gasteiger partial charge in [0.05, 0.1) is 6.54 Å². The maximum Gasteiger partial charge on any atom is 0.248 e. The lowest BCUT2D eigenvalue weighted by atomic mass is 10.1. The van der Waals surface area contributed by atoms with Crippen molar-refractivity contribution in [2.45, 2.75) is 6.54 Å². The molecule has 3 N–H and O–H groups in total. The monoisotopic (exact) mass is 360 g/mol. The van der Waals surface area contributed by atoms with Crippen LogP contribution in [-0.4, -0.2) is 36.9 Å². The number of amides is 1. The van der Waals surface area contributed by atoms with Crippen LogP contribution in [0.5, 0.6) is 0 Å². The van der Waals surface area contributed by atoms with Crippen molar-refractivity contribution in [1.82, 2.24) is 10.2 Å². The van der Waals surface area contributed by atoms with E-state index in [0.29, 0.717) is 12.1 Å². The normalized spacial score (nSPS) is 13.8. The van der Waals surface area contributed by atoms with Crippen molar-refractivity contribution in [2.75, 3.05) is 20.1 Å². The number of primary amides is 1. The minimum absolute atomic E-state index is 0. The highest BCUT2D eigenvalue weighted by atomic mass is 127. The third kappa shape index (κ3) is 3.59. The average molecular weight is 360 g/mol. The van der Waals surface area contributed by atoms with Crippen LogP contribution in [0.15, 0.2) is 29.3 Å². The molecule has 5 nitrogen and oxygen atoms in total. The van der Waals surface area contributed by atoms with Gasteiger partial charge in [0.1, 0.15) is 0 Å². The summed E-state index contributed by atoms with van der Waals surface area (Å²) in [4.78, 5) is 17.3. The zero-order chi connectivity index (χ0) is 12.3. The van der Waals surface area contributed by atoms with Gasteiger partial charge in [-0.05, 0) is 17.7 Å². The van der Waals surface area contributed by atoms with E-state index < -0.39 is 5.91 Å². The number of nitrogens with two attached hydrogens (primary N) is 1. The smallest absolute Gasteiger partial charge is 0.248 e. The van der Waals surface area contributed by atoms with Gasteiger partial charge in [0.2, 0.25) is 5.91 Å². The maximum atomic E-state index is 10.9. The summed E-state index contributed by atoms with van der Waals surface area (Å²) in [7, 11) is 2.01. The standard InChI is InChI=1S/C12H16N4O.HI/c1-16-7-6-14-12(16)15-8-9-2-4-10(5-3-9)11(13)17;/h2-5H,6-8H2,1H3,(H2,13,17)(H,14,15);1H. The molecule has 0 saturated carbocycles. The Balaban J connectivity index is 0.00000162. The molecule has 1 aliphatic heterocycles. The zero-order valence-electron chi connectivity index (χ0n) is 10.2. The average Bonchev–Trinajstić information content (AvgIpc) is 2.73. The van der Waals surface area contributed by atoms with Gasteiger partial charge in [-0.2, -0.15) is 0 Å². The second kappa shape index (κ2) is 6.58. The number of benzene rings is 1. The van der Waals surface area contributed by atoms with Gasteiger partial charge >= 0.3 is 0 Å². The van der Waals surface area contributed by atoms with E-state index in [1.807, 2.05) is 19.2 Å². The van der Waals surface area contributed by atoms with Crippen molar-refractivity contribution in [2.24, 2.45) is 10.7 Å². The molecule has 2 rings (SSSR count). The SMILES string of the molecule is CN1CCN=C1NCc1ccc(C(N)=O)cc1.I. The third-order valence-corrected chi connectivity index (χ3v) is 2.75. The molecule has 1 amide bonds. The summed E-state index contributed by atoms with van der Waals surface area (Å²) in [6.45, 7) is 2.50. The van der Waals surface area contributed by atoms with Crippen LogP contribution in [0.4, 0.5) is 0 Å². The Labute approximate surface area is 123 Å². The van der Waals surface area contributed by atoms with E-state index >= 15 is 0 Å². The molecule has 1 aromatic rings. The number of nitrogens with zero attached hydrogens (tertiary/aromatic N) is 2. The Morgan fingerprint density at radius 2 is 2.11 bits per heavy atom. The van der Waals surface area contributed by atoms with Crippen molar-refractivity contribution in [3.8, 4) is 0 Å². The number of likely N-dealkylation sites (N-methyl/N-ethyl adjacent to an activating group) is 1. The molecule has 0 atom stereocenters. The first kappa shape index (κ1) is 14.7. The molecular weight excluding hydrogens is 343 g/mol. The van der Waals surface area contributed by atoms with Gasteiger partial charge in [-0.15, -0.1) is 24.0 Å². The number of carbonyl (C=O) groups excluding carboxylic acids is 1. The first-order valence-electron chi connectivity index (χ1n) is 5.55. The minimum Gasteiger partial charge on any atom is -0.366 e. The highest BCUT2D eigenvalue weighted by Crippen LogP contribution is 2.04. The van der Waals surface area contributed by atoms with Crippen molar-refractivity contribution >= 4 is 35.8 Å². The predicted molar refractivity (Wildman–Crippen MR) is 82.1 cm³/mol. The van der Waals surface area contributed by atoms with Crippen LogP contribution in [0.2, 0.25) is 0 Å². The number of halogens is 1. The number of hydrogen-bond acceptors (Lipinski definition) is 4. The molecule has 6 heteroatoms. The number of nitrogens with one attached hydrogen (secondary N) is 1. The fourth-order valence-corrected chi connectivity index (χ4v) is 1.69. The largest absolute Gasteiger partial charge is 0.366 e. The quantitative estimate of drug-likeness (QED) is 0.784. The van der Waals surface area contributed by atoms with Crippen LogP contribution < -0.4 is 11.1 Å². The Hall–Kier alpha value is -1.31. The van der Waals surface area contributed by atoms with E-state index in [1.54, 1.807) is 12.1 Å². The lowest BCUT2D eigenvalue weighted by Gasteiger charge is -2.15. The van der Waals surface area contributed by atoms with Crippen molar-refractivity contribution in [1.29, 1.82) is 0 Å². The summed E-state index contributed by atoms with van der Waals surface area (Å²) < 4.78 is 0. The molecule has 18 heavy (non-hydrogen) atoms. The number of hydrogen-bond donors (Lipinski definition) is 2. The topological polar surface area (TPSA) is 70.7 Å². The van der Waals surface area contributed by atoms with E-state index in [-0.39, 0.29) is 24.0 Å². The highest BCUT2D eigenvalue weighted by Gasteiger charge is 2.11. The summed E-state index contributed by atoms with van der Waals surface area (Å²) in [5.74, 6) is 0.522. The van der Waals surface area contributed by atoms with Crippen LogP contribution in [0.3, 0.4) is 0 Å². The summed E-state index contributed by atoms with van der Waals surface area (Å²) in [6.07, 6.45) is 0.